The quantitative estimate of drug-likeness (QED) is 0.101. The van der Waals surface area contributed by atoms with E-state index in [4.69, 9.17) is 9.47 Å². The molecule has 3 heterocycles. The van der Waals surface area contributed by atoms with Crippen molar-refractivity contribution in [2.75, 3.05) is 66.4 Å². The summed E-state index contributed by atoms with van der Waals surface area (Å²) in [6.45, 7) is 17.0. The maximum absolute atomic E-state index is 12.8. The molecule has 1 fully saturated rings. The summed E-state index contributed by atoms with van der Waals surface area (Å²) in [5.41, 5.74) is 6.19. The lowest BCUT2D eigenvalue weighted by Crippen LogP contribution is -2.54. The van der Waals surface area contributed by atoms with Gasteiger partial charge in [0.1, 0.15) is 28.3 Å². The van der Waals surface area contributed by atoms with Crippen LogP contribution in [-0.4, -0.2) is 92.4 Å². The molecule has 4 atom stereocenters. The van der Waals surface area contributed by atoms with Gasteiger partial charge in [-0.25, -0.2) is 18.2 Å². The number of benzene rings is 2. The van der Waals surface area contributed by atoms with Gasteiger partial charge in [-0.1, -0.05) is 79.4 Å². The Labute approximate surface area is 348 Å². The van der Waals surface area contributed by atoms with E-state index in [-0.39, 0.29) is 29.1 Å². The molecule has 0 spiro atoms. The smallest absolute Gasteiger partial charge is 0.325 e. The zero-order chi connectivity index (χ0) is 40.7. The number of ether oxygens (including phenoxy) is 2. The van der Waals surface area contributed by atoms with Crippen molar-refractivity contribution in [3.63, 3.8) is 0 Å². The van der Waals surface area contributed by atoms with E-state index < -0.39 is 15.9 Å². The molecule has 13 heteroatoms. The van der Waals surface area contributed by atoms with Crippen molar-refractivity contribution in [2.45, 2.75) is 98.1 Å². The predicted molar refractivity (Wildman–Crippen MR) is 233 cm³/mol. The number of carbonyl (C=O) groups excluding carboxylic acids is 1. The second kappa shape index (κ2) is 19.0. The van der Waals surface area contributed by atoms with Crippen LogP contribution in [0.25, 0.3) is 0 Å². The van der Waals surface area contributed by atoms with Crippen molar-refractivity contribution >= 4 is 49.0 Å². The van der Waals surface area contributed by atoms with Gasteiger partial charge < -0.3 is 19.7 Å². The summed E-state index contributed by atoms with van der Waals surface area (Å²) in [6, 6.07) is 10.5. The molecule has 3 unspecified atom stereocenters. The standard InChI is InChI=1S/C44H61BrN6O5S/c1-7-57(53,54)22-17-44(5,6)42-35-14-12-13-34(35)36-23-30(2)15-16-39(36)51(42)19-11-9-8-10-18-50-20-21-55-33(28-50)29-56-40-24-31(3)37(45)25-38(40)48-43(52)49-41-27-46-32(4)26-47-41/h12-13,15-16,23-27,33-35,42H,7-11,14,17-22,28-29H2,1-6H3,(H2,47,48,49,52)/t33-,34?,35?,42?/m0/s1. The number of nitrogens with zero attached hydrogens (tertiary/aromatic N) is 4. The van der Waals surface area contributed by atoms with Gasteiger partial charge in [0.25, 0.3) is 0 Å². The molecule has 11 nitrogen and oxygen atoms in total. The molecule has 0 radical (unpaired) electrons. The van der Waals surface area contributed by atoms with Crippen LogP contribution in [-0.2, 0) is 14.6 Å². The Morgan fingerprint density at radius 3 is 2.58 bits per heavy atom. The minimum absolute atomic E-state index is 0.0866. The van der Waals surface area contributed by atoms with Crippen LogP contribution >= 0.6 is 15.9 Å². The van der Waals surface area contributed by atoms with E-state index in [1.165, 1.54) is 23.0 Å². The average Bonchev–Trinajstić information content (AvgIpc) is 3.67. The number of hydrogen-bond acceptors (Lipinski definition) is 9. The number of allylic oxidation sites excluding steroid dienone is 2. The summed E-state index contributed by atoms with van der Waals surface area (Å²) < 4.78 is 38.5. The second-order valence-electron chi connectivity index (χ2n) is 16.8. The van der Waals surface area contributed by atoms with Crippen molar-refractivity contribution in [2.24, 2.45) is 11.3 Å². The number of nitrogens with one attached hydrogen (secondary N) is 2. The Morgan fingerprint density at radius 1 is 1.04 bits per heavy atom. The van der Waals surface area contributed by atoms with Gasteiger partial charge in [-0.2, -0.15) is 0 Å². The van der Waals surface area contributed by atoms with Crippen LogP contribution in [0.3, 0.4) is 0 Å². The first kappa shape index (κ1) is 43.1. The molecule has 3 aliphatic rings. The molecule has 1 saturated heterocycles. The highest BCUT2D eigenvalue weighted by Gasteiger charge is 2.48. The molecular formula is C44H61BrN6O5S. The van der Waals surface area contributed by atoms with Crippen LogP contribution in [0, 0.1) is 32.1 Å². The van der Waals surface area contributed by atoms with Crippen LogP contribution in [0.5, 0.6) is 5.75 Å². The van der Waals surface area contributed by atoms with Gasteiger partial charge in [-0.3, -0.25) is 15.2 Å². The molecule has 1 aliphatic carbocycles. The number of morpholine rings is 1. The lowest BCUT2D eigenvalue weighted by Gasteiger charge is -2.52. The average molecular weight is 866 g/mol. The summed E-state index contributed by atoms with van der Waals surface area (Å²) in [4.78, 5) is 26.3. The Hall–Kier alpha value is -3.52. The highest BCUT2D eigenvalue weighted by molar-refractivity contribution is 9.10. The maximum atomic E-state index is 12.8. The summed E-state index contributed by atoms with van der Waals surface area (Å²) >= 11 is 3.58. The van der Waals surface area contributed by atoms with Crippen LogP contribution < -0.4 is 20.3 Å². The van der Waals surface area contributed by atoms with E-state index in [2.05, 4.69) is 97.5 Å². The van der Waals surface area contributed by atoms with Crippen molar-refractivity contribution < 1.29 is 22.7 Å². The minimum Gasteiger partial charge on any atom is -0.489 e. The molecule has 2 aliphatic heterocycles. The third-order valence-corrected chi connectivity index (χ3v) is 14.5. The fourth-order valence-corrected chi connectivity index (χ4v) is 10.2. The molecular weight excluding hydrogens is 804 g/mol. The number of fused-ring (bicyclic) bond motifs is 3. The minimum atomic E-state index is -3.05. The van der Waals surface area contributed by atoms with E-state index in [0.29, 0.717) is 48.7 Å². The molecule has 2 aromatic carbocycles. The Balaban J connectivity index is 0.997. The van der Waals surface area contributed by atoms with Gasteiger partial charge in [0.15, 0.2) is 5.82 Å². The van der Waals surface area contributed by atoms with Gasteiger partial charge in [-0.05, 0) is 93.7 Å². The number of aryl methyl sites for hydroxylation is 3. The Bertz CT molecular complexity index is 1990. The Kier molecular flexibility index (Phi) is 14.4. The van der Waals surface area contributed by atoms with Crippen molar-refractivity contribution in [1.29, 1.82) is 0 Å². The number of hydrogen-bond donors (Lipinski definition) is 2. The van der Waals surface area contributed by atoms with E-state index >= 15 is 0 Å². The molecule has 1 aromatic heterocycles. The van der Waals surface area contributed by atoms with Crippen molar-refractivity contribution in [1.82, 2.24) is 14.9 Å². The van der Waals surface area contributed by atoms with Gasteiger partial charge >= 0.3 is 6.03 Å². The van der Waals surface area contributed by atoms with Gasteiger partial charge in [0.05, 0.1) is 36.1 Å². The number of aromatic nitrogens is 2. The fourth-order valence-electron chi connectivity index (χ4n) is 8.72. The third kappa shape index (κ3) is 11.2. The maximum Gasteiger partial charge on any atom is 0.325 e. The first-order valence-electron chi connectivity index (χ1n) is 20.6. The van der Waals surface area contributed by atoms with Gasteiger partial charge in [0.2, 0.25) is 0 Å². The zero-order valence-electron chi connectivity index (χ0n) is 34.5. The molecule has 3 aromatic rings. The van der Waals surface area contributed by atoms with E-state index in [9.17, 15) is 13.2 Å². The lowest BCUT2D eigenvalue weighted by atomic mass is 9.67. The topological polar surface area (TPSA) is 126 Å². The van der Waals surface area contributed by atoms with Crippen LogP contribution in [0.2, 0.25) is 0 Å². The molecule has 57 heavy (non-hydrogen) atoms. The van der Waals surface area contributed by atoms with Gasteiger partial charge in [-0.15, -0.1) is 0 Å². The van der Waals surface area contributed by atoms with Crippen LogP contribution in [0.1, 0.15) is 87.6 Å². The largest absolute Gasteiger partial charge is 0.489 e. The molecule has 0 saturated carbocycles. The monoisotopic (exact) mass is 864 g/mol. The number of unbranched alkanes of at least 4 members (excludes halogenated alkanes) is 3. The molecule has 2 N–H and O–H groups in total. The second-order valence-corrected chi connectivity index (χ2v) is 20.1. The lowest BCUT2D eigenvalue weighted by molar-refractivity contribution is -0.0481. The zero-order valence-corrected chi connectivity index (χ0v) is 36.9. The van der Waals surface area contributed by atoms with Crippen LogP contribution in [0.15, 0.2) is 59.4 Å². The first-order valence-corrected chi connectivity index (χ1v) is 23.2. The number of urea groups is 1. The number of anilines is 3. The summed E-state index contributed by atoms with van der Waals surface area (Å²) in [7, 11) is -3.05. The summed E-state index contributed by atoms with van der Waals surface area (Å²) in [6.07, 6.45) is 14.0. The number of rotatable bonds is 17. The normalized spacial score (nSPS) is 20.9. The molecule has 0 bridgehead atoms. The number of halogens is 1. The van der Waals surface area contributed by atoms with Crippen molar-refractivity contribution in [3.05, 3.63) is 81.7 Å². The summed E-state index contributed by atoms with van der Waals surface area (Å²) in [5.74, 6) is 2.21. The molecule has 2 amide bonds. The number of sulfone groups is 1. The van der Waals surface area contributed by atoms with Gasteiger partial charge in [0, 0.05) is 47.5 Å². The number of carbonyl (C=O) groups is 1. The van der Waals surface area contributed by atoms with Crippen molar-refractivity contribution in [3.8, 4) is 5.75 Å². The Morgan fingerprint density at radius 2 is 1.82 bits per heavy atom. The highest BCUT2D eigenvalue weighted by Crippen LogP contribution is 2.53. The highest BCUT2D eigenvalue weighted by atomic mass is 79.9. The third-order valence-electron chi connectivity index (χ3n) is 11.9. The van der Waals surface area contributed by atoms with E-state index in [1.54, 1.807) is 13.1 Å². The molecule has 310 valence electrons. The summed E-state index contributed by atoms with van der Waals surface area (Å²) in [5, 5.41) is 5.61. The molecule has 6 rings (SSSR count). The predicted octanol–water partition coefficient (Wildman–Crippen LogP) is 8.85. The van der Waals surface area contributed by atoms with E-state index in [1.807, 2.05) is 26.0 Å². The first-order chi connectivity index (χ1) is 27.2. The van der Waals surface area contributed by atoms with E-state index in [0.717, 1.165) is 74.0 Å². The fraction of sp³-hybridized carbons (Fsp3) is 0.568. The van der Waals surface area contributed by atoms with Crippen LogP contribution in [0.4, 0.5) is 22.0 Å². The number of amides is 2. The SMILES string of the molecule is CCS(=O)(=O)CCC(C)(C)C1C2CC=CC2c2cc(C)ccc2N1CCCCCCN1CCO[C@H](COc2cc(C)c(Br)cc2NC(=O)Nc2cnc(C)cn2)C1.